The third kappa shape index (κ3) is 4.58. The topological polar surface area (TPSA) is 69.7 Å². The van der Waals surface area contributed by atoms with Gasteiger partial charge in [0.05, 0.1) is 11.1 Å². The molecule has 1 unspecified atom stereocenters. The summed E-state index contributed by atoms with van der Waals surface area (Å²) in [7, 11) is 3.94. The van der Waals surface area contributed by atoms with E-state index in [1.165, 1.54) is 0 Å². The van der Waals surface area contributed by atoms with Crippen LogP contribution in [0.15, 0.2) is 24.3 Å². The first kappa shape index (κ1) is 21.1. The van der Waals surface area contributed by atoms with Crippen LogP contribution < -0.4 is 5.32 Å². The standard InChI is InChI=1S/C18H25N3O3.ClH/c1-12(2)15(16(22)19-10-7-11-20(3)4)21-17(23)13-8-5-6-9-14(13)18(21)24;/h5-6,8-9,12,15H,7,10-11H2,1-4H3,(H,19,22);1H. The molecule has 1 N–H and O–H groups in total. The fourth-order valence-corrected chi connectivity index (χ4v) is 2.89. The molecule has 0 aliphatic carbocycles. The van der Waals surface area contributed by atoms with E-state index < -0.39 is 17.9 Å². The third-order valence-corrected chi connectivity index (χ3v) is 4.09. The first-order valence-corrected chi connectivity index (χ1v) is 8.24. The van der Waals surface area contributed by atoms with E-state index in [9.17, 15) is 14.4 Å². The second kappa shape index (κ2) is 8.97. The third-order valence-electron chi connectivity index (χ3n) is 4.09. The van der Waals surface area contributed by atoms with E-state index in [1.807, 2.05) is 32.8 Å². The molecule has 0 saturated carbocycles. The van der Waals surface area contributed by atoms with Gasteiger partial charge < -0.3 is 10.2 Å². The van der Waals surface area contributed by atoms with E-state index in [0.717, 1.165) is 17.9 Å². The zero-order valence-corrected chi connectivity index (χ0v) is 15.9. The van der Waals surface area contributed by atoms with E-state index in [-0.39, 0.29) is 24.2 Å². The van der Waals surface area contributed by atoms with Gasteiger partial charge in [0.15, 0.2) is 0 Å². The molecule has 0 spiro atoms. The first-order valence-electron chi connectivity index (χ1n) is 8.24. The normalized spacial score (nSPS) is 14.6. The Balaban J connectivity index is 0.00000312. The zero-order valence-electron chi connectivity index (χ0n) is 15.1. The van der Waals surface area contributed by atoms with Crippen LogP contribution in [-0.2, 0) is 4.79 Å². The minimum absolute atomic E-state index is 0. The summed E-state index contributed by atoms with van der Waals surface area (Å²) in [6.45, 7) is 5.06. The first-order chi connectivity index (χ1) is 11.3. The van der Waals surface area contributed by atoms with Crippen LogP contribution in [-0.4, -0.2) is 60.7 Å². The van der Waals surface area contributed by atoms with Crippen LogP contribution in [0.4, 0.5) is 0 Å². The minimum Gasteiger partial charge on any atom is -0.354 e. The number of nitrogens with zero attached hydrogens (tertiary/aromatic N) is 2. The van der Waals surface area contributed by atoms with E-state index in [0.29, 0.717) is 17.7 Å². The quantitative estimate of drug-likeness (QED) is 0.589. The van der Waals surface area contributed by atoms with E-state index in [1.54, 1.807) is 24.3 Å². The summed E-state index contributed by atoms with van der Waals surface area (Å²) in [5.74, 6) is -1.23. The van der Waals surface area contributed by atoms with Crippen LogP contribution in [0.3, 0.4) is 0 Å². The van der Waals surface area contributed by atoms with Crippen LogP contribution in [0.5, 0.6) is 0 Å². The predicted octanol–water partition coefficient (Wildman–Crippen LogP) is 1.80. The van der Waals surface area contributed by atoms with E-state index in [2.05, 4.69) is 5.32 Å². The van der Waals surface area contributed by atoms with Gasteiger partial charge in [-0.2, -0.15) is 0 Å². The molecule has 0 radical (unpaired) electrons. The number of imide groups is 1. The highest BCUT2D eigenvalue weighted by Gasteiger charge is 2.43. The molecule has 3 amide bonds. The van der Waals surface area contributed by atoms with Gasteiger partial charge in [0.2, 0.25) is 5.91 Å². The Bertz CT molecular complexity index is 611. The number of hydrogen-bond acceptors (Lipinski definition) is 4. The molecular weight excluding hydrogens is 342 g/mol. The van der Waals surface area contributed by atoms with Gasteiger partial charge in [-0.05, 0) is 45.1 Å². The maximum Gasteiger partial charge on any atom is 0.262 e. The van der Waals surface area contributed by atoms with Crippen molar-refractivity contribution in [1.82, 2.24) is 15.1 Å². The van der Waals surface area contributed by atoms with Crippen molar-refractivity contribution in [3.05, 3.63) is 35.4 Å². The number of hydrogen-bond donors (Lipinski definition) is 1. The molecule has 138 valence electrons. The Morgan fingerprint density at radius 1 is 1.12 bits per heavy atom. The second-order valence-corrected chi connectivity index (χ2v) is 6.66. The molecule has 1 atom stereocenters. The highest BCUT2D eigenvalue weighted by atomic mass is 35.5. The number of rotatable bonds is 7. The summed E-state index contributed by atoms with van der Waals surface area (Å²) in [5, 5.41) is 2.85. The van der Waals surface area contributed by atoms with Crippen LogP contribution >= 0.6 is 12.4 Å². The van der Waals surface area contributed by atoms with Crippen molar-refractivity contribution in [2.45, 2.75) is 26.3 Å². The Hall–Kier alpha value is -1.92. The van der Waals surface area contributed by atoms with Crippen LogP contribution in [0.2, 0.25) is 0 Å². The monoisotopic (exact) mass is 367 g/mol. The number of carbonyl (C=O) groups is 3. The maximum atomic E-state index is 12.6. The van der Waals surface area contributed by atoms with E-state index in [4.69, 9.17) is 0 Å². The SMILES string of the molecule is CC(C)C(C(=O)NCCCN(C)C)N1C(=O)c2ccccc2C1=O.Cl. The molecule has 7 heteroatoms. The smallest absolute Gasteiger partial charge is 0.262 e. The Morgan fingerprint density at radius 2 is 1.64 bits per heavy atom. The summed E-state index contributed by atoms with van der Waals surface area (Å²) in [4.78, 5) is 40.9. The predicted molar refractivity (Wildman–Crippen MR) is 99.0 cm³/mol. The molecule has 25 heavy (non-hydrogen) atoms. The van der Waals surface area contributed by atoms with Crippen molar-refractivity contribution in [3.8, 4) is 0 Å². The fourth-order valence-electron chi connectivity index (χ4n) is 2.89. The van der Waals surface area contributed by atoms with Gasteiger partial charge in [0.25, 0.3) is 11.8 Å². The molecule has 0 fully saturated rings. The van der Waals surface area contributed by atoms with Crippen LogP contribution in [0.25, 0.3) is 0 Å². The zero-order chi connectivity index (χ0) is 17.9. The molecule has 6 nitrogen and oxygen atoms in total. The number of halogens is 1. The Kier molecular flexibility index (Phi) is 7.58. The van der Waals surface area contributed by atoms with Gasteiger partial charge in [-0.3, -0.25) is 19.3 Å². The van der Waals surface area contributed by atoms with Gasteiger partial charge in [-0.15, -0.1) is 12.4 Å². The average molecular weight is 368 g/mol. The van der Waals surface area contributed by atoms with Crippen molar-refractivity contribution in [2.75, 3.05) is 27.2 Å². The lowest BCUT2D eigenvalue weighted by Gasteiger charge is -2.28. The van der Waals surface area contributed by atoms with Gasteiger partial charge in [0, 0.05) is 6.54 Å². The summed E-state index contributed by atoms with van der Waals surface area (Å²) >= 11 is 0. The Morgan fingerprint density at radius 3 is 2.08 bits per heavy atom. The minimum atomic E-state index is -0.795. The number of carbonyl (C=O) groups excluding carboxylic acids is 3. The second-order valence-electron chi connectivity index (χ2n) is 6.66. The van der Waals surface area contributed by atoms with Gasteiger partial charge >= 0.3 is 0 Å². The van der Waals surface area contributed by atoms with Gasteiger partial charge in [0.1, 0.15) is 6.04 Å². The highest BCUT2D eigenvalue weighted by Crippen LogP contribution is 2.27. The van der Waals surface area contributed by atoms with Crippen molar-refractivity contribution < 1.29 is 14.4 Å². The molecular formula is C18H26ClN3O3. The largest absolute Gasteiger partial charge is 0.354 e. The maximum absolute atomic E-state index is 12.6. The molecule has 2 rings (SSSR count). The lowest BCUT2D eigenvalue weighted by molar-refractivity contribution is -0.126. The lowest BCUT2D eigenvalue weighted by atomic mass is 10.0. The summed E-state index contributed by atoms with van der Waals surface area (Å²) in [6, 6.07) is 5.90. The lowest BCUT2D eigenvalue weighted by Crippen LogP contribution is -2.52. The molecule has 0 saturated heterocycles. The van der Waals surface area contributed by atoms with Crippen molar-refractivity contribution in [3.63, 3.8) is 0 Å². The van der Waals surface area contributed by atoms with E-state index >= 15 is 0 Å². The molecule has 0 bridgehead atoms. The number of fused-ring (bicyclic) bond motifs is 1. The summed E-state index contributed by atoms with van der Waals surface area (Å²) in [6.07, 6.45) is 0.811. The number of nitrogens with one attached hydrogen (secondary N) is 1. The molecule has 1 aliphatic heterocycles. The summed E-state index contributed by atoms with van der Waals surface area (Å²) in [5.41, 5.74) is 0.738. The number of amides is 3. The van der Waals surface area contributed by atoms with Crippen LogP contribution in [0, 0.1) is 5.92 Å². The van der Waals surface area contributed by atoms with Crippen molar-refractivity contribution in [2.24, 2.45) is 5.92 Å². The summed E-state index contributed by atoms with van der Waals surface area (Å²) < 4.78 is 0. The molecule has 1 aromatic rings. The molecule has 1 aliphatic rings. The van der Waals surface area contributed by atoms with Crippen LogP contribution in [0.1, 0.15) is 41.0 Å². The Labute approximate surface area is 155 Å². The molecule has 0 aromatic heterocycles. The number of benzene rings is 1. The average Bonchev–Trinajstić information content (AvgIpc) is 2.77. The van der Waals surface area contributed by atoms with Gasteiger partial charge in [-0.25, -0.2) is 0 Å². The fraction of sp³-hybridized carbons (Fsp3) is 0.500. The van der Waals surface area contributed by atoms with Crippen molar-refractivity contribution >= 4 is 30.1 Å². The van der Waals surface area contributed by atoms with Gasteiger partial charge in [-0.1, -0.05) is 26.0 Å². The molecule has 1 aromatic carbocycles. The van der Waals surface area contributed by atoms with Crippen molar-refractivity contribution in [1.29, 1.82) is 0 Å². The highest BCUT2D eigenvalue weighted by molar-refractivity contribution is 6.22. The molecule has 1 heterocycles.